The van der Waals surface area contributed by atoms with Gasteiger partial charge in [-0.3, -0.25) is 0 Å². The Labute approximate surface area is 88.6 Å². The van der Waals surface area contributed by atoms with Crippen LogP contribution in [-0.4, -0.2) is 51.6 Å². The Bertz CT molecular complexity index is 254. The van der Waals surface area contributed by atoms with E-state index in [0.29, 0.717) is 6.42 Å². The molecule has 4 atom stereocenters. The highest BCUT2D eigenvalue weighted by molar-refractivity contribution is 5.00. The van der Waals surface area contributed by atoms with Gasteiger partial charge in [-0.1, -0.05) is 0 Å². The van der Waals surface area contributed by atoms with Gasteiger partial charge in [0.2, 0.25) is 0 Å². The molecular formula is C10H18O5. The van der Waals surface area contributed by atoms with Crippen LogP contribution in [0.4, 0.5) is 0 Å². The molecule has 88 valence electrons. The number of rotatable bonds is 1. The van der Waals surface area contributed by atoms with E-state index in [1.54, 1.807) is 13.8 Å². The van der Waals surface area contributed by atoms with Crippen LogP contribution in [0, 0.1) is 0 Å². The Morgan fingerprint density at radius 3 is 2.53 bits per heavy atom. The van der Waals surface area contributed by atoms with E-state index in [1.807, 2.05) is 0 Å². The first-order valence-corrected chi connectivity index (χ1v) is 5.22. The van der Waals surface area contributed by atoms with Gasteiger partial charge in [0.25, 0.3) is 0 Å². The molecule has 15 heavy (non-hydrogen) atoms. The zero-order chi connectivity index (χ0) is 11.3. The average molecular weight is 218 g/mol. The van der Waals surface area contributed by atoms with Crippen molar-refractivity contribution in [1.82, 2.24) is 0 Å². The number of fused-ring (bicyclic) bond motifs is 1. The number of aliphatic hydroxyl groups is 3. The van der Waals surface area contributed by atoms with Crippen LogP contribution < -0.4 is 0 Å². The number of aliphatic hydroxyl groups excluding tert-OH is 2. The van der Waals surface area contributed by atoms with Gasteiger partial charge in [0.15, 0.2) is 5.79 Å². The standard InChI is InChI=1S/C10H18O5/c1-9(2)14-7-4-10(13,5-11)3-6(12)8(7)15-9/h6-8,11-13H,3-5H2,1-2H3/t6-,7-,8?,10?/m1/s1. The summed E-state index contributed by atoms with van der Waals surface area (Å²) in [6.45, 7) is 3.18. The van der Waals surface area contributed by atoms with Crippen LogP contribution in [0.2, 0.25) is 0 Å². The molecule has 5 nitrogen and oxygen atoms in total. The largest absolute Gasteiger partial charge is 0.393 e. The second-order valence-electron chi connectivity index (χ2n) is 5.00. The molecule has 2 aliphatic rings. The predicted molar refractivity (Wildman–Crippen MR) is 51.1 cm³/mol. The third kappa shape index (κ3) is 2.03. The maximum Gasteiger partial charge on any atom is 0.163 e. The van der Waals surface area contributed by atoms with E-state index in [9.17, 15) is 10.2 Å². The van der Waals surface area contributed by atoms with E-state index in [4.69, 9.17) is 14.6 Å². The molecule has 2 unspecified atom stereocenters. The van der Waals surface area contributed by atoms with Crippen molar-refractivity contribution in [3.8, 4) is 0 Å². The molecule has 0 spiro atoms. The third-order valence-electron chi connectivity index (χ3n) is 3.07. The molecule has 1 aliphatic carbocycles. The summed E-state index contributed by atoms with van der Waals surface area (Å²) in [4.78, 5) is 0. The van der Waals surface area contributed by atoms with Gasteiger partial charge in [-0.25, -0.2) is 0 Å². The fraction of sp³-hybridized carbons (Fsp3) is 1.00. The fourth-order valence-corrected chi connectivity index (χ4v) is 2.44. The van der Waals surface area contributed by atoms with Gasteiger partial charge in [-0.05, 0) is 13.8 Å². The van der Waals surface area contributed by atoms with Crippen molar-refractivity contribution >= 4 is 0 Å². The molecule has 1 saturated carbocycles. The highest BCUT2D eigenvalue weighted by atomic mass is 16.8. The Morgan fingerprint density at radius 1 is 1.27 bits per heavy atom. The first-order chi connectivity index (χ1) is 6.85. The Kier molecular flexibility index (Phi) is 2.56. The molecule has 0 amide bonds. The lowest BCUT2D eigenvalue weighted by Gasteiger charge is -2.38. The molecule has 2 fully saturated rings. The van der Waals surface area contributed by atoms with Gasteiger partial charge in [-0.2, -0.15) is 0 Å². The molecule has 0 aromatic heterocycles. The van der Waals surface area contributed by atoms with Crippen LogP contribution in [0.15, 0.2) is 0 Å². The summed E-state index contributed by atoms with van der Waals surface area (Å²) in [5.74, 6) is -0.725. The van der Waals surface area contributed by atoms with E-state index in [1.165, 1.54) is 0 Å². The minimum atomic E-state index is -1.25. The highest BCUT2D eigenvalue weighted by Crippen LogP contribution is 2.40. The predicted octanol–water partition coefficient (Wildman–Crippen LogP) is -0.615. The van der Waals surface area contributed by atoms with Crippen LogP contribution >= 0.6 is 0 Å². The quantitative estimate of drug-likeness (QED) is 0.547. The molecule has 1 saturated heterocycles. The molecule has 5 heteroatoms. The molecule has 0 radical (unpaired) electrons. The summed E-state index contributed by atoms with van der Waals surface area (Å²) < 4.78 is 11.1. The monoisotopic (exact) mass is 218 g/mol. The van der Waals surface area contributed by atoms with Crippen LogP contribution in [0.25, 0.3) is 0 Å². The molecule has 0 aromatic rings. The van der Waals surface area contributed by atoms with Crippen LogP contribution in [0.1, 0.15) is 26.7 Å². The van der Waals surface area contributed by atoms with E-state index >= 15 is 0 Å². The van der Waals surface area contributed by atoms with Crippen molar-refractivity contribution in [1.29, 1.82) is 0 Å². The summed E-state index contributed by atoms with van der Waals surface area (Å²) in [5, 5.41) is 28.8. The lowest BCUT2D eigenvalue weighted by Crippen LogP contribution is -2.52. The minimum absolute atomic E-state index is 0.129. The summed E-state index contributed by atoms with van der Waals surface area (Å²) in [5.41, 5.74) is -1.25. The zero-order valence-electron chi connectivity index (χ0n) is 9.01. The first kappa shape index (κ1) is 11.3. The molecule has 2 rings (SSSR count). The normalized spacial score (nSPS) is 49.0. The number of hydrogen-bond acceptors (Lipinski definition) is 5. The summed E-state index contributed by atoms with van der Waals surface area (Å²) in [6, 6.07) is 0. The molecule has 1 aliphatic heterocycles. The summed E-state index contributed by atoms with van der Waals surface area (Å²) >= 11 is 0. The minimum Gasteiger partial charge on any atom is -0.393 e. The van der Waals surface area contributed by atoms with E-state index in [-0.39, 0.29) is 19.1 Å². The van der Waals surface area contributed by atoms with Crippen molar-refractivity contribution < 1.29 is 24.8 Å². The lowest BCUT2D eigenvalue weighted by molar-refractivity contribution is -0.153. The van der Waals surface area contributed by atoms with E-state index < -0.39 is 23.6 Å². The smallest absolute Gasteiger partial charge is 0.163 e. The summed E-state index contributed by atoms with van der Waals surface area (Å²) in [7, 11) is 0. The molecular weight excluding hydrogens is 200 g/mol. The maximum absolute atomic E-state index is 9.92. The van der Waals surface area contributed by atoms with Crippen molar-refractivity contribution in [2.24, 2.45) is 0 Å². The van der Waals surface area contributed by atoms with Crippen molar-refractivity contribution in [2.45, 2.75) is 56.4 Å². The van der Waals surface area contributed by atoms with Crippen molar-refractivity contribution in [2.75, 3.05) is 6.61 Å². The number of hydrogen-bond donors (Lipinski definition) is 3. The Morgan fingerprint density at radius 2 is 1.93 bits per heavy atom. The molecule has 0 bridgehead atoms. The molecule has 1 heterocycles. The Hall–Kier alpha value is -0.200. The van der Waals surface area contributed by atoms with Gasteiger partial charge in [0.1, 0.15) is 6.10 Å². The van der Waals surface area contributed by atoms with E-state index in [2.05, 4.69) is 0 Å². The average Bonchev–Trinajstić information content (AvgIpc) is 2.40. The number of ether oxygens (including phenoxy) is 2. The van der Waals surface area contributed by atoms with Gasteiger partial charge in [-0.15, -0.1) is 0 Å². The van der Waals surface area contributed by atoms with E-state index in [0.717, 1.165) is 0 Å². The van der Waals surface area contributed by atoms with Gasteiger partial charge < -0.3 is 24.8 Å². The Balaban J connectivity index is 2.14. The van der Waals surface area contributed by atoms with Gasteiger partial charge in [0, 0.05) is 12.8 Å². The first-order valence-electron chi connectivity index (χ1n) is 5.22. The SMILES string of the molecule is CC1(C)OC2[C@H](O)CC(O)(CO)C[C@H]2O1. The third-order valence-corrected chi connectivity index (χ3v) is 3.07. The molecule has 0 aromatic carbocycles. The van der Waals surface area contributed by atoms with Crippen molar-refractivity contribution in [3.05, 3.63) is 0 Å². The molecule has 3 N–H and O–H groups in total. The lowest BCUT2D eigenvalue weighted by atomic mass is 9.80. The van der Waals surface area contributed by atoms with Crippen LogP contribution in [0.3, 0.4) is 0 Å². The van der Waals surface area contributed by atoms with Crippen molar-refractivity contribution in [3.63, 3.8) is 0 Å². The second kappa shape index (κ2) is 3.40. The van der Waals surface area contributed by atoms with Crippen LogP contribution in [-0.2, 0) is 9.47 Å². The summed E-state index contributed by atoms with van der Waals surface area (Å²) in [6.07, 6.45) is -1.10. The van der Waals surface area contributed by atoms with Gasteiger partial charge >= 0.3 is 0 Å². The second-order valence-corrected chi connectivity index (χ2v) is 5.00. The highest BCUT2D eigenvalue weighted by Gasteiger charge is 2.52. The fourth-order valence-electron chi connectivity index (χ4n) is 2.44. The zero-order valence-corrected chi connectivity index (χ0v) is 9.01. The van der Waals surface area contributed by atoms with Crippen LogP contribution in [0.5, 0.6) is 0 Å². The van der Waals surface area contributed by atoms with Gasteiger partial charge in [0.05, 0.1) is 24.4 Å². The topological polar surface area (TPSA) is 79.2 Å². The maximum atomic E-state index is 9.92.